The minimum atomic E-state index is -0.720. The Morgan fingerprint density at radius 2 is 1.97 bits per heavy atom. The molecule has 1 aliphatic carbocycles. The van der Waals surface area contributed by atoms with Gasteiger partial charge in [0, 0.05) is 31.9 Å². The molecule has 0 aliphatic heterocycles. The van der Waals surface area contributed by atoms with E-state index in [0.29, 0.717) is 35.4 Å². The van der Waals surface area contributed by atoms with Gasteiger partial charge in [-0.05, 0) is 64.7 Å². The molecule has 1 saturated carbocycles. The summed E-state index contributed by atoms with van der Waals surface area (Å²) < 4.78 is 8.37. The number of anilines is 3. The van der Waals surface area contributed by atoms with E-state index in [1.807, 2.05) is 0 Å². The summed E-state index contributed by atoms with van der Waals surface area (Å²) in [5, 5.41) is 7.43. The molecule has 0 bridgehead atoms. The van der Waals surface area contributed by atoms with Crippen LogP contribution in [0.2, 0.25) is 0 Å². The van der Waals surface area contributed by atoms with Crippen LogP contribution in [0.1, 0.15) is 56.2 Å². The summed E-state index contributed by atoms with van der Waals surface area (Å²) in [5.41, 5.74) is -0.229. The van der Waals surface area contributed by atoms with Gasteiger partial charge < -0.3 is 10.1 Å². The zero-order valence-corrected chi connectivity index (χ0v) is 22.5. The maximum absolute atomic E-state index is 13.3. The summed E-state index contributed by atoms with van der Waals surface area (Å²) in [6.07, 6.45) is 6.53. The average molecular weight is 531 g/mol. The molecule has 0 atom stereocenters. The number of ether oxygens (including phenoxy) is 1. The number of aryl methyl sites for hydroxylation is 1. The lowest BCUT2D eigenvalue weighted by atomic mass is 10.1. The number of nitrogens with one attached hydrogen (secondary N) is 1. The third kappa shape index (κ3) is 5.64. The van der Waals surface area contributed by atoms with Gasteiger partial charge in [-0.2, -0.15) is 9.61 Å². The molecule has 1 N–H and O–H groups in total. The average Bonchev–Trinajstić information content (AvgIpc) is 3.58. The maximum atomic E-state index is 13.3. The Hall–Kier alpha value is -4.61. The number of hydrogen-bond donors (Lipinski definition) is 1. The third-order valence-corrected chi connectivity index (χ3v) is 6.15. The van der Waals surface area contributed by atoms with Gasteiger partial charge in [-0.25, -0.2) is 19.7 Å². The van der Waals surface area contributed by atoms with Gasteiger partial charge in [-0.15, -0.1) is 0 Å². The van der Waals surface area contributed by atoms with Crippen molar-refractivity contribution in [3.05, 3.63) is 64.6 Å². The predicted octanol–water partition coefficient (Wildman–Crippen LogP) is 4.08. The molecular weight excluding hydrogens is 500 g/mol. The Bertz CT molecular complexity index is 1630. The molecule has 4 aromatic heterocycles. The van der Waals surface area contributed by atoms with Crippen LogP contribution < -0.4 is 15.8 Å². The van der Waals surface area contributed by atoms with Crippen molar-refractivity contribution in [1.82, 2.24) is 29.1 Å². The van der Waals surface area contributed by atoms with Crippen molar-refractivity contribution >= 4 is 34.8 Å². The molecule has 0 radical (unpaired) electrons. The van der Waals surface area contributed by atoms with E-state index in [1.165, 1.54) is 20.2 Å². The third-order valence-electron chi connectivity index (χ3n) is 6.15. The monoisotopic (exact) mass is 530 g/mol. The molecule has 202 valence electrons. The number of pyridine rings is 1. The lowest BCUT2D eigenvalue weighted by molar-refractivity contribution is 0.0587. The van der Waals surface area contributed by atoms with Crippen molar-refractivity contribution in [2.45, 2.75) is 52.6 Å². The fourth-order valence-electron chi connectivity index (χ4n) is 4.05. The van der Waals surface area contributed by atoms with Crippen LogP contribution in [0, 0.1) is 12.8 Å². The van der Waals surface area contributed by atoms with Crippen molar-refractivity contribution in [1.29, 1.82) is 0 Å². The van der Waals surface area contributed by atoms with Crippen LogP contribution in [0.15, 0.2) is 47.7 Å². The predicted molar refractivity (Wildman–Crippen MR) is 145 cm³/mol. The highest BCUT2D eigenvalue weighted by Crippen LogP contribution is 2.34. The molecule has 0 spiro atoms. The highest BCUT2D eigenvalue weighted by molar-refractivity contribution is 6.02. The minimum Gasteiger partial charge on any atom is -0.443 e. The van der Waals surface area contributed by atoms with E-state index >= 15 is 0 Å². The van der Waals surface area contributed by atoms with E-state index < -0.39 is 11.7 Å². The molecule has 12 nitrogen and oxygen atoms in total. The Morgan fingerprint density at radius 1 is 1.21 bits per heavy atom. The van der Waals surface area contributed by atoms with Gasteiger partial charge in [0.1, 0.15) is 34.6 Å². The van der Waals surface area contributed by atoms with Crippen LogP contribution in [0.4, 0.5) is 22.1 Å². The number of Topliss-reactive ketones (excluding diaryl/α,β-unsaturated/α-hetero) is 1. The fourth-order valence-corrected chi connectivity index (χ4v) is 4.05. The molecule has 1 fully saturated rings. The second-order valence-corrected chi connectivity index (χ2v) is 10.6. The van der Waals surface area contributed by atoms with E-state index in [1.54, 1.807) is 71.4 Å². The lowest BCUT2D eigenvalue weighted by Gasteiger charge is -2.25. The zero-order valence-electron chi connectivity index (χ0n) is 22.5. The van der Waals surface area contributed by atoms with Gasteiger partial charge in [0.05, 0.1) is 11.8 Å². The van der Waals surface area contributed by atoms with Crippen LogP contribution in [-0.4, -0.2) is 53.7 Å². The summed E-state index contributed by atoms with van der Waals surface area (Å²) in [4.78, 5) is 53.7. The van der Waals surface area contributed by atoms with E-state index in [0.717, 1.165) is 12.8 Å². The zero-order chi connectivity index (χ0) is 27.9. The largest absolute Gasteiger partial charge is 0.443 e. The van der Waals surface area contributed by atoms with Crippen LogP contribution in [0.25, 0.3) is 11.5 Å². The fraction of sp³-hybridized carbons (Fsp3) is 0.370. The minimum absolute atomic E-state index is 0.0655. The quantitative estimate of drug-likeness (QED) is 0.350. The first-order chi connectivity index (χ1) is 18.5. The van der Waals surface area contributed by atoms with Crippen molar-refractivity contribution in [3.63, 3.8) is 0 Å². The maximum Gasteiger partial charge on any atom is 0.415 e. The second-order valence-electron chi connectivity index (χ2n) is 10.6. The molecule has 0 aromatic carbocycles. The van der Waals surface area contributed by atoms with Crippen molar-refractivity contribution in [3.8, 4) is 5.82 Å². The van der Waals surface area contributed by atoms with Gasteiger partial charge in [-0.3, -0.25) is 19.1 Å². The molecule has 12 heteroatoms. The van der Waals surface area contributed by atoms with E-state index in [-0.39, 0.29) is 28.5 Å². The number of carbonyl (C=O) groups excluding carboxylic acids is 2. The first kappa shape index (κ1) is 26.0. The Balaban J connectivity index is 1.58. The SMILES string of the molecule is Cc1nccc(-n2cccc(Nc3cc(N(C)C(=O)OC(C)(C)C)n4ncc(C(=O)CC5CC5)c4n3)c2=O)n1. The number of aromatic nitrogens is 6. The van der Waals surface area contributed by atoms with Crippen LogP contribution in [-0.2, 0) is 4.74 Å². The number of carbonyl (C=O) groups is 2. The van der Waals surface area contributed by atoms with Gasteiger partial charge in [0.2, 0.25) is 0 Å². The van der Waals surface area contributed by atoms with E-state index in [2.05, 4.69) is 25.4 Å². The first-order valence-corrected chi connectivity index (χ1v) is 12.7. The number of rotatable bonds is 7. The summed E-state index contributed by atoms with van der Waals surface area (Å²) in [7, 11) is 1.55. The molecule has 0 saturated heterocycles. The number of hydrogen-bond acceptors (Lipinski definition) is 9. The molecule has 0 unspecified atom stereocenters. The number of nitrogens with zero attached hydrogens (tertiary/aromatic N) is 7. The number of fused-ring (bicyclic) bond motifs is 1. The number of amides is 1. The standard InChI is InChI=1S/C27H30N8O4/c1-16-28-11-10-22(30-16)34-12-6-7-19(25(34)37)31-21-14-23(33(5)26(38)39-27(2,3)4)35-24(32-21)18(15-29-35)20(36)13-17-8-9-17/h6-7,10-12,14-15,17H,8-9,13H2,1-5H3,(H,31,32). The van der Waals surface area contributed by atoms with Gasteiger partial charge in [0.25, 0.3) is 5.56 Å². The topological polar surface area (TPSA) is 137 Å². The highest BCUT2D eigenvalue weighted by atomic mass is 16.6. The van der Waals surface area contributed by atoms with Crippen molar-refractivity contribution in [2.75, 3.05) is 17.3 Å². The normalized spacial score (nSPS) is 13.4. The summed E-state index contributed by atoms with van der Waals surface area (Å²) >= 11 is 0. The summed E-state index contributed by atoms with van der Waals surface area (Å²) in [5.74, 6) is 1.83. The lowest BCUT2D eigenvalue weighted by Crippen LogP contribution is -2.35. The Kier molecular flexibility index (Phi) is 6.62. The van der Waals surface area contributed by atoms with Crippen LogP contribution >= 0.6 is 0 Å². The molecule has 1 amide bonds. The van der Waals surface area contributed by atoms with Crippen LogP contribution in [0.3, 0.4) is 0 Å². The molecule has 1 aliphatic rings. The molecule has 39 heavy (non-hydrogen) atoms. The smallest absolute Gasteiger partial charge is 0.415 e. The van der Waals surface area contributed by atoms with Gasteiger partial charge in [0.15, 0.2) is 11.4 Å². The second kappa shape index (κ2) is 9.93. The summed E-state index contributed by atoms with van der Waals surface area (Å²) in [6.45, 7) is 7.06. The van der Waals surface area contributed by atoms with Crippen molar-refractivity contribution in [2.24, 2.45) is 5.92 Å². The molecule has 4 heterocycles. The van der Waals surface area contributed by atoms with Gasteiger partial charge >= 0.3 is 6.09 Å². The van der Waals surface area contributed by atoms with E-state index in [4.69, 9.17) is 4.74 Å². The van der Waals surface area contributed by atoms with Crippen LogP contribution in [0.5, 0.6) is 0 Å². The molecule has 4 aromatic rings. The molecule has 5 rings (SSSR count). The number of ketones is 1. The summed E-state index contributed by atoms with van der Waals surface area (Å²) in [6, 6.07) is 6.54. The first-order valence-electron chi connectivity index (χ1n) is 12.7. The van der Waals surface area contributed by atoms with E-state index in [9.17, 15) is 14.4 Å². The van der Waals surface area contributed by atoms with Gasteiger partial charge in [-0.1, -0.05) is 0 Å². The Labute approximate surface area is 224 Å². The van der Waals surface area contributed by atoms with Crippen molar-refractivity contribution < 1.29 is 14.3 Å². The highest BCUT2D eigenvalue weighted by Gasteiger charge is 2.29. The molecular formula is C27H30N8O4. The Morgan fingerprint density at radius 3 is 2.67 bits per heavy atom.